The van der Waals surface area contributed by atoms with Gasteiger partial charge in [-0.05, 0) is 18.2 Å². The van der Waals surface area contributed by atoms with E-state index in [-0.39, 0.29) is 11.6 Å². The molecule has 2 aliphatic rings. The Hall–Kier alpha value is -2.37. The van der Waals surface area contributed by atoms with E-state index in [1.165, 1.54) is 12.1 Å². The molecule has 1 aromatic carbocycles. The van der Waals surface area contributed by atoms with Crippen LogP contribution in [0.5, 0.6) is 0 Å². The zero-order valence-electron chi connectivity index (χ0n) is 8.80. The van der Waals surface area contributed by atoms with E-state index in [2.05, 4.69) is 10.3 Å². The zero-order valence-corrected chi connectivity index (χ0v) is 8.80. The van der Waals surface area contributed by atoms with Crippen molar-refractivity contribution in [3.05, 3.63) is 29.3 Å². The number of hydrogen-bond donors (Lipinski definition) is 2. The Labute approximate surface area is 96.6 Å². The number of benzene rings is 1. The van der Waals surface area contributed by atoms with Crippen LogP contribution in [0.15, 0.2) is 23.2 Å². The monoisotopic (exact) mass is 231 g/mol. The smallest absolute Gasteiger partial charge is 0.335 e. The number of carboxylic acids is 1. The molecule has 0 spiro atoms. The summed E-state index contributed by atoms with van der Waals surface area (Å²) >= 11 is 0. The van der Waals surface area contributed by atoms with Crippen LogP contribution in [-0.4, -0.2) is 40.9 Å². The van der Waals surface area contributed by atoms with Crippen molar-refractivity contribution in [1.82, 2.24) is 4.90 Å². The second-order valence-corrected chi connectivity index (χ2v) is 3.85. The first-order valence-electron chi connectivity index (χ1n) is 5.17. The molecule has 0 fully saturated rings. The maximum absolute atomic E-state index is 11.7. The normalized spacial score (nSPS) is 17.1. The zero-order chi connectivity index (χ0) is 12.0. The first-order valence-corrected chi connectivity index (χ1v) is 5.17. The van der Waals surface area contributed by atoms with Crippen LogP contribution in [0, 0.1) is 0 Å². The lowest BCUT2D eigenvalue weighted by atomic mass is 10.1. The second-order valence-electron chi connectivity index (χ2n) is 3.85. The molecule has 6 heteroatoms. The minimum atomic E-state index is -1.02. The highest BCUT2D eigenvalue weighted by Gasteiger charge is 2.31. The van der Waals surface area contributed by atoms with E-state index >= 15 is 0 Å². The highest BCUT2D eigenvalue weighted by atomic mass is 16.4. The van der Waals surface area contributed by atoms with Crippen LogP contribution in [0.3, 0.4) is 0 Å². The number of amidine groups is 1. The molecule has 2 heterocycles. The van der Waals surface area contributed by atoms with Gasteiger partial charge in [0.05, 0.1) is 17.8 Å². The van der Waals surface area contributed by atoms with Gasteiger partial charge >= 0.3 is 12.0 Å². The van der Waals surface area contributed by atoms with Crippen molar-refractivity contribution in [2.75, 3.05) is 18.4 Å². The van der Waals surface area contributed by atoms with E-state index in [1.54, 1.807) is 11.0 Å². The standard InChI is InChI=1S/C11H9N3O3/c15-10(16)6-1-2-7-8(5-6)13-11(17)14-4-3-12-9(7)14/h1-2,5H,3-4H2,(H,13,17)(H,15,16). The van der Waals surface area contributed by atoms with Crippen LogP contribution < -0.4 is 5.32 Å². The van der Waals surface area contributed by atoms with Crippen LogP contribution >= 0.6 is 0 Å². The van der Waals surface area contributed by atoms with Crippen LogP contribution in [0.2, 0.25) is 0 Å². The third-order valence-corrected chi connectivity index (χ3v) is 2.84. The SMILES string of the molecule is O=C(O)c1ccc2c(c1)NC(=O)N1CCN=C21. The Morgan fingerprint density at radius 2 is 2.29 bits per heavy atom. The lowest BCUT2D eigenvalue weighted by Gasteiger charge is -2.26. The third-order valence-electron chi connectivity index (χ3n) is 2.84. The second kappa shape index (κ2) is 3.31. The average Bonchev–Trinajstić information content (AvgIpc) is 2.78. The fraction of sp³-hybridized carbons (Fsp3) is 0.182. The summed E-state index contributed by atoms with van der Waals surface area (Å²) in [5.41, 5.74) is 1.43. The molecule has 0 bridgehead atoms. The van der Waals surface area contributed by atoms with Crippen molar-refractivity contribution < 1.29 is 14.7 Å². The largest absolute Gasteiger partial charge is 0.478 e. The van der Waals surface area contributed by atoms with Crippen LogP contribution in [0.1, 0.15) is 15.9 Å². The summed E-state index contributed by atoms with van der Waals surface area (Å²) in [7, 11) is 0. The number of anilines is 1. The molecule has 0 saturated heterocycles. The highest BCUT2D eigenvalue weighted by Crippen LogP contribution is 2.27. The van der Waals surface area contributed by atoms with Gasteiger partial charge in [0.25, 0.3) is 0 Å². The molecular formula is C11H9N3O3. The number of nitrogens with one attached hydrogen (secondary N) is 1. The number of carboxylic acid groups (broad SMARTS) is 1. The summed E-state index contributed by atoms with van der Waals surface area (Å²) in [6.07, 6.45) is 0. The van der Waals surface area contributed by atoms with Crippen molar-refractivity contribution in [1.29, 1.82) is 0 Å². The van der Waals surface area contributed by atoms with Crippen molar-refractivity contribution in [3.63, 3.8) is 0 Å². The van der Waals surface area contributed by atoms with Crippen molar-refractivity contribution >= 4 is 23.5 Å². The molecule has 0 atom stereocenters. The van der Waals surface area contributed by atoms with Gasteiger partial charge in [-0.1, -0.05) is 0 Å². The predicted octanol–water partition coefficient (Wildman–Crippen LogP) is 0.992. The Kier molecular flexibility index (Phi) is 1.91. The molecule has 0 unspecified atom stereocenters. The number of aromatic carboxylic acids is 1. The van der Waals surface area contributed by atoms with E-state index in [9.17, 15) is 9.59 Å². The number of aliphatic imine (C=N–C) groups is 1. The van der Waals surface area contributed by atoms with Gasteiger partial charge in [-0.15, -0.1) is 0 Å². The molecule has 2 amide bonds. The molecule has 3 rings (SSSR count). The number of hydrogen-bond acceptors (Lipinski definition) is 3. The maximum Gasteiger partial charge on any atom is 0.335 e. The van der Waals surface area contributed by atoms with E-state index in [4.69, 9.17) is 5.11 Å². The van der Waals surface area contributed by atoms with E-state index < -0.39 is 5.97 Å². The Morgan fingerprint density at radius 3 is 3.06 bits per heavy atom. The third kappa shape index (κ3) is 1.37. The molecule has 0 radical (unpaired) electrons. The minimum absolute atomic E-state index is 0.149. The van der Waals surface area contributed by atoms with E-state index in [0.717, 1.165) is 5.56 Å². The Balaban J connectivity index is 2.14. The van der Waals surface area contributed by atoms with Crippen molar-refractivity contribution in [2.24, 2.45) is 4.99 Å². The van der Waals surface area contributed by atoms with Crippen LogP contribution in [0.4, 0.5) is 10.5 Å². The number of fused-ring (bicyclic) bond motifs is 3. The quantitative estimate of drug-likeness (QED) is 0.756. The number of urea groups is 1. The van der Waals surface area contributed by atoms with Crippen LogP contribution in [0.25, 0.3) is 0 Å². The summed E-state index contributed by atoms with van der Waals surface area (Å²) in [4.78, 5) is 28.4. The first kappa shape index (κ1) is 9.83. The van der Waals surface area contributed by atoms with Gasteiger partial charge in [-0.2, -0.15) is 0 Å². The van der Waals surface area contributed by atoms with Gasteiger partial charge in [0.1, 0.15) is 5.84 Å². The van der Waals surface area contributed by atoms with Gasteiger partial charge < -0.3 is 10.4 Å². The molecule has 2 aliphatic heterocycles. The average molecular weight is 231 g/mol. The molecule has 17 heavy (non-hydrogen) atoms. The summed E-state index contributed by atoms with van der Waals surface area (Å²) in [6.45, 7) is 1.16. The minimum Gasteiger partial charge on any atom is -0.478 e. The fourth-order valence-electron chi connectivity index (χ4n) is 2.03. The van der Waals surface area contributed by atoms with Crippen LogP contribution in [-0.2, 0) is 0 Å². The predicted molar refractivity (Wildman–Crippen MR) is 60.5 cm³/mol. The van der Waals surface area contributed by atoms with Crippen molar-refractivity contribution in [3.8, 4) is 0 Å². The fourth-order valence-corrected chi connectivity index (χ4v) is 2.03. The molecule has 0 aromatic heterocycles. The number of nitrogens with zero attached hydrogens (tertiary/aromatic N) is 2. The summed E-state index contributed by atoms with van der Waals surface area (Å²) in [5, 5.41) is 11.6. The van der Waals surface area contributed by atoms with Crippen molar-refractivity contribution in [2.45, 2.75) is 0 Å². The summed E-state index contributed by atoms with van der Waals surface area (Å²) < 4.78 is 0. The molecular weight excluding hydrogens is 222 g/mol. The molecule has 0 saturated carbocycles. The van der Waals surface area contributed by atoms with Gasteiger partial charge in [0, 0.05) is 12.1 Å². The highest BCUT2D eigenvalue weighted by molar-refractivity contribution is 6.19. The summed E-state index contributed by atoms with van der Waals surface area (Å²) in [6, 6.07) is 4.39. The topological polar surface area (TPSA) is 82.0 Å². The molecule has 2 N–H and O–H groups in total. The number of carbonyl (C=O) groups is 2. The summed E-state index contributed by atoms with van der Waals surface area (Å²) in [5.74, 6) is -0.390. The maximum atomic E-state index is 11.7. The lowest BCUT2D eigenvalue weighted by molar-refractivity contribution is 0.0697. The van der Waals surface area contributed by atoms with Gasteiger partial charge in [-0.3, -0.25) is 9.89 Å². The number of carbonyl (C=O) groups excluding carboxylic acids is 1. The first-order chi connectivity index (χ1) is 8.16. The molecule has 86 valence electrons. The van der Waals surface area contributed by atoms with Gasteiger partial charge in [0.15, 0.2) is 0 Å². The van der Waals surface area contributed by atoms with Gasteiger partial charge in [-0.25, -0.2) is 9.59 Å². The lowest BCUT2D eigenvalue weighted by Crippen LogP contribution is -2.42. The molecule has 0 aliphatic carbocycles. The molecule has 1 aromatic rings. The molecule has 6 nitrogen and oxygen atoms in total. The Bertz CT molecular complexity index is 565. The number of amides is 2. The van der Waals surface area contributed by atoms with E-state index in [0.29, 0.717) is 24.6 Å². The van der Waals surface area contributed by atoms with E-state index in [1.807, 2.05) is 0 Å². The van der Waals surface area contributed by atoms with Gasteiger partial charge in [0.2, 0.25) is 0 Å². The number of rotatable bonds is 1. The Morgan fingerprint density at radius 1 is 1.47 bits per heavy atom.